The van der Waals surface area contributed by atoms with Crippen molar-refractivity contribution in [2.24, 2.45) is 4.99 Å². The first kappa shape index (κ1) is 19.4. The highest BCUT2D eigenvalue weighted by atomic mass is 15.3. The van der Waals surface area contributed by atoms with Gasteiger partial charge in [-0.3, -0.25) is 4.99 Å². The molecule has 2 heterocycles. The number of nitrogens with one attached hydrogen (secondary N) is 2. The Morgan fingerprint density at radius 3 is 2.53 bits per heavy atom. The molecule has 0 unspecified atom stereocenters. The number of rotatable bonds is 6. The monoisotopic (exact) mass is 399 g/mol. The molecule has 0 saturated carbocycles. The topological polar surface area (TPSA) is 74.1 Å². The lowest BCUT2D eigenvalue weighted by Gasteiger charge is -2.20. The van der Waals surface area contributed by atoms with Crippen LogP contribution in [-0.4, -0.2) is 44.7 Å². The molecule has 2 aromatic heterocycles. The van der Waals surface area contributed by atoms with E-state index in [1.807, 2.05) is 83.8 Å². The van der Waals surface area contributed by atoms with Crippen molar-refractivity contribution in [2.75, 3.05) is 14.1 Å². The molecular weight excluding hydrogens is 374 g/mol. The van der Waals surface area contributed by atoms with Crippen LogP contribution in [0.4, 0.5) is 0 Å². The van der Waals surface area contributed by atoms with Gasteiger partial charge in [-0.15, -0.1) is 0 Å². The molecule has 0 radical (unpaired) electrons. The van der Waals surface area contributed by atoms with Crippen LogP contribution in [-0.2, 0) is 13.1 Å². The zero-order valence-corrected chi connectivity index (χ0v) is 17.2. The van der Waals surface area contributed by atoms with Gasteiger partial charge in [-0.1, -0.05) is 48.5 Å². The lowest BCUT2D eigenvalue weighted by molar-refractivity contribution is 0.464. The Morgan fingerprint density at radius 2 is 1.80 bits per heavy atom. The first-order valence-corrected chi connectivity index (χ1v) is 9.83. The van der Waals surface area contributed by atoms with Crippen molar-refractivity contribution < 1.29 is 0 Å². The molecule has 4 rings (SSSR count). The summed E-state index contributed by atoms with van der Waals surface area (Å²) in [7, 11) is 3.77. The van der Waals surface area contributed by atoms with Crippen molar-refractivity contribution in [1.29, 1.82) is 0 Å². The molecule has 0 fully saturated rings. The van der Waals surface area contributed by atoms with E-state index in [0.29, 0.717) is 13.1 Å². The molecule has 4 aromatic rings. The fraction of sp³-hybridized carbons (Fsp3) is 0.174. The summed E-state index contributed by atoms with van der Waals surface area (Å²) in [6.07, 6.45) is 5.76. The van der Waals surface area contributed by atoms with E-state index in [9.17, 15) is 0 Å². The second-order valence-electron chi connectivity index (χ2n) is 7.00. The van der Waals surface area contributed by atoms with Gasteiger partial charge in [0.1, 0.15) is 5.82 Å². The molecule has 2 aromatic carbocycles. The highest BCUT2D eigenvalue weighted by Crippen LogP contribution is 2.16. The number of imidazole rings is 1. The van der Waals surface area contributed by atoms with Crippen LogP contribution < -0.4 is 5.32 Å². The number of benzene rings is 2. The van der Waals surface area contributed by atoms with Crippen molar-refractivity contribution in [3.63, 3.8) is 0 Å². The third kappa shape index (κ3) is 4.57. The molecule has 0 spiro atoms. The van der Waals surface area contributed by atoms with E-state index >= 15 is 0 Å². The van der Waals surface area contributed by atoms with Gasteiger partial charge in [0.15, 0.2) is 5.96 Å². The molecular formula is C23H25N7. The Labute approximate surface area is 176 Å². The minimum Gasteiger partial charge on any atom is -0.352 e. The van der Waals surface area contributed by atoms with Crippen molar-refractivity contribution in [3.05, 3.63) is 90.6 Å². The lowest BCUT2D eigenvalue weighted by atomic mass is 10.2. The average molecular weight is 400 g/mol. The second kappa shape index (κ2) is 9.09. The lowest BCUT2D eigenvalue weighted by Crippen LogP contribution is -2.38. The smallest absolute Gasteiger partial charge is 0.194 e. The average Bonchev–Trinajstić information content (AvgIpc) is 3.45. The molecule has 0 saturated heterocycles. The van der Waals surface area contributed by atoms with E-state index in [2.05, 4.69) is 37.5 Å². The predicted molar refractivity (Wildman–Crippen MR) is 119 cm³/mol. The van der Waals surface area contributed by atoms with E-state index in [-0.39, 0.29) is 0 Å². The molecule has 0 bridgehead atoms. The molecule has 30 heavy (non-hydrogen) atoms. The summed E-state index contributed by atoms with van der Waals surface area (Å²) < 4.78 is 1.87. The van der Waals surface area contributed by atoms with Gasteiger partial charge in [-0.25, -0.2) is 9.67 Å². The van der Waals surface area contributed by atoms with Gasteiger partial charge in [-0.05, 0) is 17.7 Å². The van der Waals surface area contributed by atoms with Gasteiger partial charge in [0.05, 0.1) is 30.3 Å². The molecule has 0 atom stereocenters. The van der Waals surface area contributed by atoms with Gasteiger partial charge >= 0.3 is 0 Å². The fourth-order valence-electron chi connectivity index (χ4n) is 3.25. The molecule has 2 N–H and O–H groups in total. The maximum atomic E-state index is 4.51. The van der Waals surface area contributed by atoms with Gasteiger partial charge in [-0.2, -0.15) is 5.10 Å². The van der Waals surface area contributed by atoms with Crippen LogP contribution in [0, 0.1) is 0 Å². The zero-order valence-electron chi connectivity index (χ0n) is 17.2. The molecule has 0 aliphatic heterocycles. The zero-order chi connectivity index (χ0) is 20.8. The summed E-state index contributed by atoms with van der Waals surface area (Å²) in [6, 6.07) is 20.3. The summed E-state index contributed by atoms with van der Waals surface area (Å²) in [4.78, 5) is 14.3. The quantitative estimate of drug-likeness (QED) is 0.385. The van der Waals surface area contributed by atoms with Crippen molar-refractivity contribution in [3.8, 4) is 16.9 Å². The summed E-state index contributed by atoms with van der Waals surface area (Å²) >= 11 is 0. The number of para-hydroxylation sites is 1. The second-order valence-corrected chi connectivity index (χ2v) is 7.00. The number of aromatic nitrogens is 4. The Hall–Kier alpha value is -3.87. The van der Waals surface area contributed by atoms with Gasteiger partial charge in [0.2, 0.25) is 0 Å². The van der Waals surface area contributed by atoms with E-state index in [1.165, 1.54) is 0 Å². The Balaban J connectivity index is 1.35. The summed E-state index contributed by atoms with van der Waals surface area (Å²) in [5, 5.41) is 7.83. The Morgan fingerprint density at radius 1 is 1.07 bits per heavy atom. The minimum absolute atomic E-state index is 0.621. The molecule has 0 amide bonds. The highest BCUT2D eigenvalue weighted by molar-refractivity contribution is 5.79. The maximum Gasteiger partial charge on any atom is 0.194 e. The van der Waals surface area contributed by atoms with Crippen LogP contribution in [0.15, 0.2) is 84.2 Å². The standard InChI is InChI=1S/C23H25N7/c1-24-23(26-13-18-14-27-30(16-18)20-11-7-4-8-12-20)29(2)17-22-25-15-21(28-22)19-9-5-3-6-10-19/h3-12,14-16H,13,17H2,1-2H3,(H,24,26)(H,25,28). The molecule has 152 valence electrons. The number of nitrogens with zero attached hydrogens (tertiary/aromatic N) is 5. The van der Waals surface area contributed by atoms with Gasteiger partial charge in [0, 0.05) is 32.4 Å². The number of guanidine groups is 1. The largest absolute Gasteiger partial charge is 0.352 e. The van der Waals surface area contributed by atoms with Crippen molar-refractivity contribution in [1.82, 2.24) is 30.0 Å². The van der Waals surface area contributed by atoms with Crippen LogP contribution in [0.25, 0.3) is 16.9 Å². The minimum atomic E-state index is 0.621. The van der Waals surface area contributed by atoms with Gasteiger partial charge < -0.3 is 15.2 Å². The van der Waals surface area contributed by atoms with Crippen molar-refractivity contribution in [2.45, 2.75) is 13.1 Å². The highest BCUT2D eigenvalue weighted by Gasteiger charge is 2.10. The molecule has 0 aliphatic carbocycles. The van der Waals surface area contributed by atoms with Crippen LogP contribution in [0.5, 0.6) is 0 Å². The van der Waals surface area contributed by atoms with Crippen LogP contribution >= 0.6 is 0 Å². The third-order valence-corrected chi connectivity index (χ3v) is 4.78. The normalized spacial score (nSPS) is 11.5. The van der Waals surface area contributed by atoms with E-state index in [1.54, 1.807) is 7.05 Å². The molecule has 7 nitrogen and oxygen atoms in total. The fourth-order valence-corrected chi connectivity index (χ4v) is 3.25. The third-order valence-electron chi connectivity index (χ3n) is 4.78. The molecule has 0 aliphatic rings. The summed E-state index contributed by atoms with van der Waals surface area (Å²) in [5.41, 5.74) is 4.25. The first-order chi connectivity index (χ1) is 14.7. The van der Waals surface area contributed by atoms with Crippen molar-refractivity contribution >= 4 is 5.96 Å². The van der Waals surface area contributed by atoms with Crippen LogP contribution in [0.2, 0.25) is 0 Å². The number of hydrogen-bond donors (Lipinski definition) is 2. The maximum absolute atomic E-state index is 4.51. The Kier molecular flexibility index (Phi) is 5.89. The van der Waals surface area contributed by atoms with Crippen LogP contribution in [0.3, 0.4) is 0 Å². The number of aliphatic imine (C=N–C) groups is 1. The Bertz CT molecular complexity index is 1100. The number of aromatic amines is 1. The SMILES string of the molecule is CN=C(NCc1cnn(-c2ccccc2)c1)N(C)Cc1ncc(-c2ccccc2)[nH]1. The predicted octanol–water partition coefficient (Wildman–Crippen LogP) is 3.47. The van der Waals surface area contributed by atoms with E-state index in [4.69, 9.17) is 0 Å². The first-order valence-electron chi connectivity index (χ1n) is 9.83. The van der Waals surface area contributed by atoms with Gasteiger partial charge in [0.25, 0.3) is 0 Å². The van der Waals surface area contributed by atoms with E-state index < -0.39 is 0 Å². The summed E-state index contributed by atoms with van der Waals surface area (Å²) in [6.45, 7) is 1.26. The van der Waals surface area contributed by atoms with Crippen LogP contribution in [0.1, 0.15) is 11.4 Å². The number of H-pyrrole nitrogens is 1. The summed E-state index contributed by atoms with van der Waals surface area (Å²) in [5.74, 6) is 1.68. The number of hydrogen-bond acceptors (Lipinski definition) is 3. The molecule has 7 heteroatoms. The van der Waals surface area contributed by atoms with E-state index in [0.717, 1.165) is 34.3 Å².